The lowest BCUT2D eigenvalue weighted by Gasteiger charge is -2.11. The minimum atomic E-state index is 0.0653. The Morgan fingerprint density at radius 2 is 1.60 bits per heavy atom. The van der Waals surface area contributed by atoms with Gasteiger partial charge in [0, 0.05) is 12.1 Å². The van der Waals surface area contributed by atoms with Gasteiger partial charge < -0.3 is 5.32 Å². The molecule has 0 radical (unpaired) electrons. The summed E-state index contributed by atoms with van der Waals surface area (Å²) in [5, 5.41) is 2.92. The van der Waals surface area contributed by atoms with Crippen molar-refractivity contribution in [1.82, 2.24) is 0 Å². The van der Waals surface area contributed by atoms with E-state index in [4.69, 9.17) is 0 Å². The second kappa shape index (κ2) is 6.38. The second-order valence-electron chi connectivity index (χ2n) is 5.29. The Bertz CT molecular complexity index is 579. The fourth-order valence-electron chi connectivity index (χ4n) is 2.59. The van der Waals surface area contributed by atoms with Gasteiger partial charge in [-0.2, -0.15) is 0 Å². The van der Waals surface area contributed by atoms with Crippen molar-refractivity contribution in [2.75, 3.05) is 5.32 Å². The summed E-state index contributed by atoms with van der Waals surface area (Å²) in [6.45, 7) is 6.33. The molecule has 0 heterocycles. The van der Waals surface area contributed by atoms with Crippen molar-refractivity contribution in [2.45, 2.75) is 33.6 Å². The molecule has 2 nitrogen and oxygen atoms in total. The van der Waals surface area contributed by atoms with Gasteiger partial charge >= 0.3 is 0 Å². The van der Waals surface area contributed by atoms with Crippen molar-refractivity contribution < 1.29 is 4.79 Å². The molecule has 2 aromatic rings. The summed E-state index contributed by atoms with van der Waals surface area (Å²) in [6, 6.07) is 13.9. The van der Waals surface area contributed by atoms with Crippen LogP contribution in [0, 0.1) is 20.8 Å². The number of rotatable bonds is 4. The van der Waals surface area contributed by atoms with Gasteiger partial charge in [-0.1, -0.05) is 35.9 Å². The third kappa shape index (κ3) is 3.70. The lowest BCUT2D eigenvalue weighted by atomic mass is 9.96. The van der Waals surface area contributed by atoms with Crippen molar-refractivity contribution in [3.8, 4) is 0 Å². The summed E-state index contributed by atoms with van der Waals surface area (Å²) in [4.78, 5) is 12.0. The normalized spacial score (nSPS) is 10.3. The summed E-state index contributed by atoms with van der Waals surface area (Å²) in [5.74, 6) is 0.0653. The number of anilines is 1. The van der Waals surface area contributed by atoms with Gasteiger partial charge in [-0.15, -0.1) is 0 Å². The molecular weight excluding hydrogens is 246 g/mol. The standard InChI is InChI=1S/C18H21NO/c1-13-11-14(2)17(15(3)12-13)9-10-18(20)19-16-7-5-4-6-8-16/h4-8,11-12H,9-10H2,1-3H3,(H,19,20). The van der Waals surface area contributed by atoms with Crippen LogP contribution in [-0.4, -0.2) is 5.91 Å². The van der Waals surface area contributed by atoms with Gasteiger partial charge in [0.1, 0.15) is 0 Å². The molecule has 0 fully saturated rings. The number of para-hydroxylation sites is 1. The molecule has 0 aliphatic heterocycles. The van der Waals surface area contributed by atoms with Gasteiger partial charge in [-0.05, 0) is 56.0 Å². The molecule has 20 heavy (non-hydrogen) atoms. The number of amides is 1. The molecule has 2 rings (SSSR count). The molecule has 0 saturated heterocycles. The number of carbonyl (C=O) groups excluding carboxylic acids is 1. The molecular formula is C18H21NO. The van der Waals surface area contributed by atoms with E-state index in [1.165, 1.54) is 22.3 Å². The molecule has 1 amide bonds. The molecule has 104 valence electrons. The Labute approximate surface area is 120 Å². The maximum atomic E-state index is 12.0. The molecule has 0 spiro atoms. The predicted molar refractivity (Wildman–Crippen MR) is 84.0 cm³/mol. The van der Waals surface area contributed by atoms with Crippen molar-refractivity contribution in [1.29, 1.82) is 0 Å². The van der Waals surface area contributed by atoms with Crippen LogP contribution in [0.3, 0.4) is 0 Å². The van der Waals surface area contributed by atoms with E-state index in [0.29, 0.717) is 6.42 Å². The van der Waals surface area contributed by atoms with Gasteiger partial charge in [-0.3, -0.25) is 4.79 Å². The van der Waals surface area contributed by atoms with Gasteiger partial charge in [0.25, 0.3) is 0 Å². The first-order chi connectivity index (χ1) is 9.56. The van der Waals surface area contributed by atoms with E-state index in [1.807, 2.05) is 30.3 Å². The van der Waals surface area contributed by atoms with Crippen molar-refractivity contribution in [3.05, 3.63) is 64.7 Å². The second-order valence-corrected chi connectivity index (χ2v) is 5.29. The highest BCUT2D eigenvalue weighted by Crippen LogP contribution is 2.18. The molecule has 0 aromatic heterocycles. The molecule has 0 aliphatic rings. The van der Waals surface area contributed by atoms with Crippen LogP contribution in [0.1, 0.15) is 28.7 Å². The Hall–Kier alpha value is -2.09. The maximum Gasteiger partial charge on any atom is 0.224 e. The molecule has 0 unspecified atom stereocenters. The molecule has 2 heteroatoms. The van der Waals surface area contributed by atoms with E-state index in [-0.39, 0.29) is 5.91 Å². The van der Waals surface area contributed by atoms with Crippen molar-refractivity contribution in [2.24, 2.45) is 0 Å². The molecule has 0 atom stereocenters. The van der Waals surface area contributed by atoms with Crippen LogP contribution < -0.4 is 5.32 Å². The molecule has 2 aromatic carbocycles. The highest BCUT2D eigenvalue weighted by atomic mass is 16.1. The Morgan fingerprint density at radius 1 is 1.00 bits per heavy atom. The van der Waals surface area contributed by atoms with E-state index in [2.05, 4.69) is 38.2 Å². The Morgan fingerprint density at radius 3 is 2.20 bits per heavy atom. The quantitative estimate of drug-likeness (QED) is 0.884. The van der Waals surface area contributed by atoms with Crippen LogP contribution in [0.15, 0.2) is 42.5 Å². The average molecular weight is 267 g/mol. The number of hydrogen-bond donors (Lipinski definition) is 1. The van der Waals surface area contributed by atoms with Crippen LogP contribution in [0.2, 0.25) is 0 Å². The van der Waals surface area contributed by atoms with Crippen LogP contribution in [0.5, 0.6) is 0 Å². The van der Waals surface area contributed by atoms with Gasteiger partial charge in [-0.25, -0.2) is 0 Å². The lowest BCUT2D eigenvalue weighted by Crippen LogP contribution is -2.12. The summed E-state index contributed by atoms with van der Waals surface area (Å²) in [6.07, 6.45) is 1.30. The monoisotopic (exact) mass is 267 g/mol. The van der Waals surface area contributed by atoms with E-state index < -0.39 is 0 Å². The van der Waals surface area contributed by atoms with Gasteiger partial charge in [0.2, 0.25) is 5.91 Å². The van der Waals surface area contributed by atoms with Crippen LogP contribution >= 0.6 is 0 Å². The zero-order valence-corrected chi connectivity index (χ0v) is 12.4. The average Bonchev–Trinajstić information content (AvgIpc) is 2.38. The van der Waals surface area contributed by atoms with E-state index in [9.17, 15) is 4.79 Å². The summed E-state index contributed by atoms with van der Waals surface area (Å²) in [7, 11) is 0. The summed E-state index contributed by atoms with van der Waals surface area (Å²) >= 11 is 0. The zero-order chi connectivity index (χ0) is 14.5. The van der Waals surface area contributed by atoms with Crippen molar-refractivity contribution in [3.63, 3.8) is 0 Å². The lowest BCUT2D eigenvalue weighted by molar-refractivity contribution is -0.116. The third-order valence-electron chi connectivity index (χ3n) is 3.50. The highest BCUT2D eigenvalue weighted by molar-refractivity contribution is 5.90. The number of hydrogen-bond acceptors (Lipinski definition) is 1. The molecule has 0 saturated carbocycles. The third-order valence-corrected chi connectivity index (χ3v) is 3.50. The number of carbonyl (C=O) groups is 1. The number of benzene rings is 2. The highest BCUT2D eigenvalue weighted by Gasteiger charge is 2.07. The molecule has 0 bridgehead atoms. The van der Waals surface area contributed by atoms with Crippen molar-refractivity contribution >= 4 is 11.6 Å². The van der Waals surface area contributed by atoms with Gasteiger partial charge in [0.15, 0.2) is 0 Å². The predicted octanol–water partition coefficient (Wildman–Crippen LogP) is 4.18. The first kappa shape index (κ1) is 14.3. The fourth-order valence-corrected chi connectivity index (χ4v) is 2.59. The Balaban J connectivity index is 1.97. The SMILES string of the molecule is Cc1cc(C)c(CCC(=O)Nc2ccccc2)c(C)c1. The van der Waals surface area contributed by atoms with E-state index >= 15 is 0 Å². The molecule has 0 aliphatic carbocycles. The first-order valence-corrected chi connectivity index (χ1v) is 6.98. The smallest absolute Gasteiger partial charge is 0.224 e. The number of aryl methyl sites for hydroxylation is 3. The van der Waals surface area contributed by atoms with Crippen LogP contribution in [-0.2, 0) is 11.2 Å². The zero-order valence-electron chi connectivity index (χ0n) is 12.4. The van der Waals surface area contributed by atoms with Crippen LogP contribution in [0.4, 0.5) is 5.69 Å². The minimum Gasteiger partial charge on any atom is -0.326 e. The molecule has 1 N–H and O–H groups in total. The topological polar surface area (TPSA) is 29.1 Å². The minimum absolute atomic E-state index is 0.0653. The first-order valence-electron chi connectivity index (χ1n) is 6.98. The fraction of sp³-hybridized carbons (Fsp3) is 0.278. The summed E-state index contributed by atoms with van der Waals surface area (Å²) in [5.41, 5.74) is 5.97. The number of nitrogens with one attached hydrogen (secondary N) is 1. The van der Waals surface area contributed by atoms with E-state index in [1.54, 1.807) is 0 Å². The Kier molecular flexibility index (Phi) is 4.57. The largest absolute Gasteiger partial charge is 0.326 e. The summed E-state index contributed by atoms with van der Waals surface area (Å²) < 4.78 is 0. The van der Waals surface area contributed by atoms with Gasteiger partial charge in [0.05, 0.1) is 0 Å². The maximum absolute atomic E-state index is 12.0. The van der Waals surface area contributed by atoms with E-state index in [0.717, 1.165) is 12.1 Å². The van der Waals surface area contributed by atoms with Crippen LogP contribution in [0.25, 0.3) is 0 Å².